The highest BCUT2D eigenvalue weighted by atomic mass is 32.2. The Bertz CT molecular complexity index is 936. The van der Waals surface area contributed by atoms with Crippen LogP contribution in [-0.2, 0) is 9.84 Å². The smallest absolute Gasteiger partial charge is 0.191 e. The number of aliphatic imine (C=N–C) groups is 1. The second kappa shape index (κ2) is 10.8. The highest BCUT2D eigenvalue weighted by Gasteiger charge is 2.18. The first-order valence-corrected chi connectivity index (χ1v) is 10.9. The molecule has 2 aromatic rings. The maximum Gasteiger partial charge on any atom is 0.191 e. The minimum absolute atomic E-state index is 0.0430. The molecule has 158 valence electrons. The number of halogens is 2. The van der Waals surface area contributed by atoms with E-state index in [1.165, 1.54) is 24.3 Å². The van der Waals surface area contributed by atoms with E-state index in [0.29, 0.717) is 18.9 Å². The van der Waals surface area contributed by atoms with Gasteiger partial charge in [-0.1, -0.05) is 31.2 Å². The molecule has 0 amide bonds. The molecule has 2 N–H and O–H groups in total. The van der Waals surface area contributed by atoms with E-state index in [9.17, 15) is 17.2 Å². The molecule has 9 heteroatoms. The van der Waals surface area contributed by atoms with Gasteiger partial charge in [0.2, 0.25) is 0 Å². The van der Waals surface area contributed by atoms with Gasteiger partial charge in [-0.05, 0) is 30.7 Å². The van der Waals surface area contributed by atoms with E-state index in [1.807, 2.05) is 6.92 Å². The van der Waals surface area contributed by atoms with Crippen molar-refractivity contribution in [2.75, 3.05) is 25.9 Å². The molecule has 0 bridgehead atoms. The van der Waals surface area contributed by atoms with Gasteiger partial charge in [0.05, 0.1) is 12.3 Å². The number of ether oxygens (including phenoxy) is 1. The Kier molecular flexibility index (Phi) is 8.38. The average molecular weight is 426 g/mol. The van der Waals surface area contributed by atoms with Gasteiger partial charge in [-0.15, -0.1) is 0 Å². The van der Waals surface area contributed by atoms with Gasteiger partial charge < -0.3 is 15.4 Å². The SMILES string of the molecule is CCC(CNC(=NC)NCCS(=O)(=O)c1ccccc1F)Oc1ccccc1F. The zero-order valence-corrected chi connectivity index (χ0v) is 17.2. The molecule has 0 radical (unpaired) electrons. The normalized spacial score (nSPS) is 13.0. The largest absolute Gasteiger partial charge is 0.486 e. The summed E-state index contributed by atoms with van der Waals surface area (Å²) in [6, 6.07) is 11.4. The average Bonchev–Trinajstić information content (AvgIpc) is 2.71. The van der Waals surface area contributed by atoms with Gasteiger partial charge >= 0.3 is 0 Å². The molecule has 0 aliphatic rings. The van der Waals surface area contributed by atoms with Crippen LogP contribution in [0.5, 0.6) is 5.75 Å². The molecule has 1 atom stereocenters. The Morgan fingerprint density at radius 3 is 2.34 bits per heavy atom. The molecular formula is C20H25F2N3O3S. The topological polar surface area (TPSA) is 79.8 Å². The quantitative estimate of drug-likeness (QED) is 0.477. The molecule has 0 fully saturated rings. The molecule has 0 heterocycles. The molecule has 1 unspecified atom stereocenters. The summed E-state index contributed by atoms with van der Waals surface area (Å²) in [7, 11) is -2.22. The highest BCUT2D eigenvalue weighted by Crippen LogP contribution is 2.18. The third kappa shape index (κ3) is 6.70. The third-order valence-electron chi connectivity index (χ3n) is 4.14. The zero-order valence-electron chi connectivity index (χ0n) is 16.4. The standard InChI is InChI=1S/C20H25F2N3O3S/c1-3-15(28-18-10-6-4-8-16(18)21)14-25-20(23-2)24-12-13-29(26,27)19-11-7-5-9-17(19)22/h4-11,15H,3,12-14H2,1-2H3,(H2,23,24,25). The first kappa shape index (κ1) is 22.6. The van der Waals surface area contributed by atoms with Gasteiger partial charge in [0, 0.05) is 13.6 Å². The van der Waals surface area contributed by atoms with Gasteiger partial charge in [0.25, 0.3) is 0 Å². The lowest BCUT2D eigenvalue weighted by atomic mass is 10.2. The molecule has 0 saturated heterocycles. The van der Waals surface area contributed by atoms with Gasteiger partial charge in [0.1, 0.15) is 16.8 Å². The van der Waals surface area contributed by atoms with E-state index in [4.69, 9.17) is 4.74 Å². The van der Waals surface area contributed by atoms with Crippen molar-refractivity contribution < 1.29 is 21.9 Å². The minimum Gasteiger partial charge on any atom is -0.486 e. The second-order valence-electron chi connectivity index (χ2n) is 6.21. The molecule has 0 aromatic heterocycles. The molecular weight excluding hydrogens is 400 g/mol. The zero-order chi connectivity index (χ0) is 21.3. The van der Waals surface area contributed by atoms with E-state index in [1.54, 1.807) is 25.2 Å². The van der Waals surface area contributed by atoms with Gasteiger partial charge in [-0.3, -0.25) is 4.99 Å². The predicted molar refractivity (Wildman–Crippen MR) is 109 cm³/mol. The van der Waals surface area contributed by atoms with Crippen molar-refractivity contribution in [3.8, 4) is 5.75 Å². The van der Waals surface area contributed by atoms with Crippen LogP contribution in [0.3, 0.4) is 0 Å². The molecule has 0 aliphatic carbocycles. The van der Waals surface area contributed by atoms with Crippen molar-refractivity contribution in [3.63, 3.8) is 0 Å². The number of para-hydroxylation sites is 1. The summed E-state index contributed by atoms with van der Waals surface area (Å²) in [6.45, 7) is 2.29. The van der Waals surface area contributed by atoms with Crippen LogP contribution in [0.2, 0.25) is 0 Å². The van der Waals surface area contributed by atoms with Crippen molar-refractivity contribution in [1.29, 1.82) is 0 Å². The number of nitrogens with one attached hydrogen (secondary N) is 2. The summed E-state index contributed by atoms with van der Waals surface area (Å²) in [5, 5.41) is 5.90. The number of benzene rings is 2. The van der Waals surface area contributed by atoms with Crippen molar-refractivity contribution in [1.82, 2.24) is 10.6 Å². The van der Waals surface area contributed by atoms with Crippen LogP contribution in [0.15, 0.2) is 58.4 Å². The number of hydrogen-bond acceptors (Lipinski definition) is 4. The summed E-state index contributed by atoms with van der Waals surface area (Å²) in [6.07, 6.45) is 0.313. The highest BCUT2D eigenvalue weighted by molar-refractivity contribution is 7.91. The fraction of sp³-hybridized carbons (Fsp3) is 0.350. The molecule has 0 saturated carbocycles. The summed E-state index contributed by atoms with van der Waals surface area (Å²) in [5.74, 6) is -0.973. The Labute approximate surface area is 169 Å². The summed E-state index contributed by atoms with van der Waals surface area (Å²) >= 11 is 0. The van der Waals surface area contributed by atoms with Crippen molar-refractivity contribution >= 4 is 15.8 Å². The van der Waals surface area contributed by atoms with Gasteiger partial charge in [-0.25, -0.2) is 17.2 Å². The maximum atomic E-state index is 13.7. The van der Waals surface area contributed by atoms with Crippen LogP contribution in [0.25, 0.3) is 0 Å². The molecule has 6 nitrogen and oxygen atoms in total. The van der Waals surface area contributed by atoms with Crippen LogP contribution in [0.4, 0.5) is 8.78 Å². The predicted octanol–water partition coefficient (Wildman–Crippen LogP) is 2.76. The summed E-state index contributed by atoms with van der Waals surface area (Å²) < 4.78 is 57.7. The molecule has 0 spiro atoms. The first-order valence-electron chi connectivity index (χ1n) is 9.20. The van der Waals surface area contributed by atoms with E-state index in [2.05, 4.69) is 15.6 Å². The fourth-order valence-corrected chi connectivity index (χ4v) is 3.77. The van der Waals surface area contributed by atoms with Gasteiger partial charge in [0.15, 0.2) is 27.4 Å². The van der Waals surface area contributed by atoms with Crippen LogP contribution in [0, 0.1) is 11.6 Å². The van der Waals surface area contributed by atoms with Crippen molar-refractivity contribution in [2.24, 2.45) is 4.99 Å². The summed E-state index contributed by atoms with van der Waals surface area (Å²) in [5.41, 5.74) is 0. The van der Waals surface area contributed by atoms with Crippen molar-refractivity contribution in [2.45, 2.75) is 24.3 Å². The van der Waals surface area contributed by atoms with E-state index < -0.39 is 21.5 Å². The Morgan fingerprint density at radius 2 is 1.72 bits per heavy atom. The molecule has 2 rings (SSSR count). The summed E-state index contributed by atoms with van der Waals surface area (Å²) in [4.78, 5) is 3.70. The lowest BCUT2D eigenvalue weighted by Crippen LogP contribution is -2.43. The molecule has 2 aromatic carbocycles. The number of guanidine groups is 1. The number of rotatable bonds is 9. The first-order chi connectivity index (χ1) is 13.9. The van der Waals surface area contributed by atoms with E-state index >= 15 is 0 Å². The van der Waals surface area contributed by atoms with Gasteiger partial charge in [-0.2, -0.15) is 0 Å². The maximum absolute atomic E-state index is 13.7. The Hall–Kier alpha value is -2.68. The minimum atomic E-state index is -3.76. The van der Waals surface area contributed by atoms with E-state index in [-0.39, 0.29) is 29.0 Å². The second-order valence-corrected chi connectivity index (χ2v) is 8.29. The fourth-order valence-electron chi connectivity index (χ4n) is 2.53. The van der Waals surface area contributed by atoms with Crippen LogP contribution in [0.1, 0.15) is 13.3 Å². The number of nitrogens with zero attached hydrogens (tertiary/aromatic N) is 1. The molecule has 0 aliphatic heterocycles. The Morgan fingerprint density at radius 1 is 1.07 bits per heavy atom. The number of hydrogen-bond donors (Lipinski definition) is 2. The van der Waals surface area contributed by atoms with E-state index in [0.717, 1.165) is 6.07 Å². The van der Waals surface area contributed by atoms with Crippen LogP contribution < -0.4 is 15.4 Å². The van der Waals surface area contributed by atoms with Crippen molar-refractivity contribution in [3.05, 3.63) is 60.2 Å². The molecule has 29 heavy (non-hydrogen) atoms. The lowest BCUT2D eigenvalue weighted by Gasteiger charge is -2.20. The Balaban J connectivity index is 1.86. The monoisotopic (exact) mass is 425 g/mol. The third-order valence-corrected chi connectivity index (χ3v) is 5.88. The van der Waals surface area contributed by atoms with Crippen LogP contribution in [-0.4, -0.2) is 46.4 Å². The number of sulfone groups is 1. The lowest BCUT2D eigenvalue weighted by molar-refractivity contribution is 0.191. The van der Waals surface area contributed by atoms with Crippen LogP contribution >= 0.6 is 0 Å².